The molecule has 2 aromatic carbocycles. The van der Waals surface area contributed by atoms with Crippen LogP contribution in [-0.2, 0) is 0 Å². The maximum atomic E-state index is 12.6. The topological polar surface area (TPSA) is 34.0 Å². The molecule has 122 valence electrons. The van der Waals surface area contributed by atoms with Crippen LogP contribution >= 0.6 is 0 Å². The molecular formula is C21H22N2O. The minimum Gasteiger partial charge on any atom is -0.322 e. The fourth-order valence-electron chi connectivity index (χ4n) is 2.88. The Hall–Kier alpha value is -2.81. The van der Waals surface area contributed by atoms with Gasteiger partial charge in [-0.05, 0) is 81.3 Å². The van der Waals surface area contributed by atoms with Crippen molar-refractivity contribution in [1.82, 2.24) is 4.57 Å². The van der Waals surface area contributed by atoms with Gasteiger partial charge in [0, 0.05) is 28.3 Å². The van der Waals surface area contributed by atoms with Gasteiger partial charge >= 0.3 is 0 Å². The Morgan fingerprint density at radius 1 is 0.833 bits per heavy atom. The maximum absolute atomic E-state index is 12.6. The fourth-order valence-corrected chi connectivity index (χ4v) is 2.88. The molecule has 0 aliphatic heterocycles. The van der Waals surface area contributed by atoms with Crippen molar-refractivity contribution < 1.29 is 4.79 Å². The van der Waals surface area contributed by atoms with E-state index in [0.717, 1.165) is 22.8 Å². The molecule has 0 saturated heterocycles. The molecule has 24 heavy (non-hydrogen) atoms. The van der Waals surface area contributed by atoms with Crippen molar-refractivity contribution in [2.75, 3.05) is 5.32 Å². The molecule has 1 heterocycles. The van der Waals surface area contributed by atoms with Gasteiger partial charge < -0.3 is 9.88 Å². The van der Waals surface area contributed by atoms with Crippen molar-refractivity contribution in [3.05, 3.63) is 82.7 Å². The van der Waals surface area contributed by atoms with Gasteiger partial charge in [-0.25, -0.2) is 0 Å². The quantitative estimate of drug-likeness (QED) is 0.727. The number of amides is 1. The molecule has 0 spiro atoms. The van der Waals surface area contributed by atoms with E-state index in [1.807, 2.05) is 49.4 Å². The number of hydrogen-bond donors (Lipinski definition) is 1. The SMILES string of the molecule is Cc1ccc(NC(=O)c2cccc(-n3c(C)ccc3C)c2)cc1C. The predicted molar refractivity (Wildman–Crippen MR) is 99.1 cm³/mol. The first-order valence-electron chi connectivity index (χ1n) is 8.10. The van der Waals surface area contributed by atoms with Crippen LogP contribution in [0.15, 0.2) is 54.6 Å². The second-order valence-corrected chi connectivity index (χ2v) is 6.25. The monoisotopic (exact) mass is 318 g/mol. The second-order valence-electron chi connectivity index (χ2n) is 6.25. The molecule has 0 fully saturated rings. The molecule has 1 aromatic heterocycles. The van der Waals surface area contributed by atoms with Gasteiger partial charge in [0.15, 0.2) is 0 Å². The van der Waals surface area contributed by atoms with Crippen LogP contribution in [0.5, 0.6) is 0 Å². The van der Waals surface area contributed by atoms with E-state index in [9.17, 15) is 4.79 Å². The molecule has 0 saturated carbocycles. The summed E-state index contributed by atoms with van der Waals surface area (Å²) in [5.74, 6) is -0.0948. The van der Waals surface area contributed by atoms with Crippen LogP contribution in [0.2, 0.25) is 0 Å². The van der Waals surface area contributed by atoms with Crippen LogP contribution in [0.25, 0.3) is 5.69 Å². The third-order valence-corrected chi connectivity index (χ3v) is 4.40. The van der Waals surface area contributed by atoms with Crippen molar-refractivity contribution in [3.63, 3.8) is 0 Å². The summed E-state index contributed by atoms with van der Waals surface area (Å²) in [6.45, 7) is 8.24. The van der Waals surface area contributed by atoms with Crippen LogP contribution in [-0.4, -0.2) is 10.5 Å². The number of carbonyl (C=O) groups excluding carboxylic acids is 1. The summed E-state index contributed by atoms with van der Waals surface area (Å²) in [6, 6.07) is 17.8. The van der Waals surface area contributed by atoms with Crippen LogP contribution in [0.3, 0.4) is 0 Å². The van der Waals surface area contributed by atoms with Crippen LogP contribution in [0, 0.1) is 27.7 Å². The average Bonchev–Trinajstić information content (AvgIpc) is 2.90. The van der Waals surface area contributed by atoms with E-state index in [4.69, 9.17) is 0 Å². The largest absolute Gasteiger partial charge is 0.322 e. The molecule has 3 rings (SSSR count). The van der Waals surface area contributed by atoms with E-state index in [0.29, 0.717) is 5.56 Å². The predicted octanol–water partition coefficient (Wildman–Crippen LogP) is 4.96. The molecule has 0 unspecified atom stereocenters. The molecule has 1 amide bonds. The zero-order valence-corrected chi connectivity index (χ0v) is 14.6. The summed E-state index contributed by atoms with van der Waals surface area (Å²) < 4.78 is 2.15. The Morgan fingerprint density at radius 3 is 2.21 bits per heavy atom. The van der Waals surface area contributed by atoms with Gasteiger partial charge in [0.1, 0.15) is 0 Å². The van der Waals surface area contributed by atoms with Crippen LogP contribution < -0.4 is 5.32 Å². The zero-order chi connectivity index (χ0) is 17.3. The van der Waals surface area contributed by atoms with Gasteiger partial charge in [-0.3, -0.25) is 4.79 Å². The summed E-state index contributed by atoms with van der Waals surface area (Å²) in [5.41, 5.74) is 7.16. The maximum Gasteiger partial charge on any atom is 0.255 e. The second kappa shape index (κ2) is 6.36. The molecule has 0 bridgehead atoms. The normalized spacial score (nSPS) is 10.7. The summed E-state index contributed by atoms with van der Waals surface area (Å²) in [4.78, 5) is 12.6. The highest BCUT2D eigenvalue weighted by Crippen LogP contribution is 2.19. The van der Waals surface area contributed by atoms with Crippen molar-refractivity contribution >= 4 is 11.6 Å². The lowest BCUT2D eigenvalue weighted by Gasteiger charge is -2.12. The fraction of sp³-hybridized carbons (Fsp3) is 0.190. The van der Waals surface area contributed by atoms with Gasteiger partial charge in [-0.2, -0.15) is 0 Å². The smallest absolute Gasteiger partial charge is 0.255 e. The van der Waals surface area contributed by atoms with Crippen molar-refractivity contribution in [3.8, 4) is 5.69 Å². The lowest BCUT2D eigenvalue weighted by molar-refractivity contribution is 0.102. The lowest BCUT2D eigenvalue weighted by Crippen LogP contribution is -2.12. The number of nitrogens with one attached hydrogen (secondary N) is 1. The third kappa shape index (κ3) is 3.11. The molecule has 0 aliphatic carbocycles. The highest BCUT2D eigenvalue weighted by molar-refractivity contribution is 6.04. The zero-order valence-electron chi connectivity index (χ0n) is 14.6. The van der Waals surface area contributed by atoms with Crippen molar-refractivity contribution in [2.45, 2.75) is 27.7 Å². The number of aromatic nitrogens is 1. The van der Waals surface area contributed by atoms with Gasteiger partial charge in [-0.15, -0.1) is 0 Å². The number of hydrogen-bond acceptors (Lipinski definition) is 1. The standard InChI is InChI=1S/C21H22N2O/c1-14-8-11-19(12-15(14)2)22-21(24)18-6-5-7-20(13-18)23-16(3)9-10-17(23)4/h5-13H,1-4H3,(H,22,24). The van der Waals surface area contributed by atoms with Crippen molar-refractivity contribution in [2.24, 2.45) is 0 Å². The summed E-state index contributed by atoms with van der Waals surface area (Å²) >= 11 is 0. The molecule has 3 nitrogen and oxygen atoms in total. The minimum atomic E-state index is -0.0948. The number of nitrogens with zero attached hydrogens (tertiary/aromatic N) is 1. The average molecular weight is 318 g/mol. The van der Waals surface area contributed by atoms with E-state index in [1.165, 1.54) is 11.1 Å². The van der Waals surface area contributed by atoms with Gasteiger partial charge in [0.25, 0.3) is 5.91 Å². The lowest BCUT2D eigenvalue weighted by atomic mass is 10.1. The Bertz CT molecular complexity index is 886. The Kier molecular flexibility index (Phi) is 4.26. The van der Waals surface area contributed by atoms with Gasteiger partial charge in [0.2, 0.25) is 0 Å². The molecule has 0 atom stereocenters. The van der Waals surface area contributed by atoms with E-state index in [2.05, 4.69) is 42.8 Å². The van der Waals surface area contributed by atoms with Crippen LogP contribution in [0.1, 0.15) is 32.9 Å². The van der Waals surface area contributed by atoms with Crippen LogP contribution in [0.4, 0.5) is 5.69 Å². The number of benzene rings is 2. The summed E-state index contributed by atoms with van der Waals surface area (Å²) in [6.07, 6.45) is 0. The van der Waals surface area contributed by atoms with Crippen molar-refractivity contribution in [1.29, 1.82) is 0 Å². The first-order valence-corrected chi connectivity index (χ1v) is 8.10. The number of aryl methyl sites for hydroxylation is 4. The third-order valence-electron chi connectivity index (χ3n) is 4.40. The van der Waals surface area contributed by atoms with Gasteiger partial charge in [-0.1, -0.05) is 12.1 Å². The Morgan fingerprint density at radius 2 is 1.54 bits per heavy atom. The molecule has 3 aromatic rings. The molecule has 3 heteroatoms. The first-order chi connectivity index (χ1) is 11.5. The van der Waals surface area contributed by atoms with Gasteiger partial charge in [0.05, 0.1) is 0 Å². The summed E-state index contributed by atoms with van der Waals surface area (Å²) in [7, 11) is 0. The number of carbonyl (C=O) groups is 1. The Labute approximate surface area is 143 Å². The number of rotatable bonds is 3. The summed E-state index contributed by atoms with van der Waals surface area (Å²) in [5, 5.41) is 2.98. The molecular weight excluding hydrogens is 296 g/mol. The number of anilines is 1. The van der Waals surface area contributed by atoms with E-state index >= 15 is 0 Å². The van der Waals surface area contributed by atoms with E-state index in [1.54, 1.807) is 0 Å². The van der Waals surface area contributed by atoms with E-state index in [-0.39, 0.29) is 5.91 Å². The van der Waals surface area contributed by atoms with E-state index < -0.39 is 0 Å². The highest BCUT2D eigenvalue weighted by Gasteiger charge is 2.10. The molecule has 1 N–H and O–H groups in total. The Balaban J connectivity index is 1.88. The minimum absolute atomic E-state index is 0.0948. The molecule has 0 radical (unpaired) electrons. The highest BCUT2D eigenvalue weighted by atomic mass is 16.1. The molecule has 0 aliphatic rings. The first kappa shape index (κ1) is 16.1.